The van der Waals surface area contributed by atoms with E-state index in [4.69, 9.17) is 5.73 Å². The maximum Gasteiger partial charge on any atom is 0.244 e. The fourth-order valence-electron chi connectivity index (χ4n) is 3.02. The van der Waals surface area contributed by atoms with Crippen LogP contribution in [-0.2, 0) is 9.59 Å². The Balaban J connectivity index is 1.48. The topological polar surface area (TPSA) is 93.2 Å². The predicted molar refractivity (Wildman–Crippen MR) is 99.4 cm³/mol. The number of para-hydroxylation sites is 1. The van der Waals surface area contributed by atoms with Gasteiger partial charge in [0.05, 0.1) is 18.4 Å². The average Bonchev–Trinajstić information content (AvgIpc) is 3.11. The molecule has 1 aromatic heterocycles. The van der Waals surface area contributed by atoms with E-state index in [1.54, 1.807) is 17.0 Å². The highest BCUT2D eigenvalue weighted by Gasteiger charge is 2.20. The van der Waals surface area contributed by atoms with Gasteiger partial charge >= 0.3 is 0 Å². The SMILES string of the molecule is NC(=O)CN1CCC(NC(=O)/C=C/c2cnn(-c3ccccc3)c2)CC1. The van der Waals surface area contributed by atoms with E-state index in [0.29, 0.717) is 0 Å². The Morgan fingerprint density at radius 2 is 1.96 bits per heavy atom. The van der Waals surface area contributed by atoms with Gasteiger partial charge in [0.15, 0.2) is 0 Å². The molecule has 2 heterocycles. The monoisotopic (exact) mass is 353 g/mol. The molecule has 2 aromatic rings. The van der Waals surface area contributed by atoms with Crippen molar-refractivity contribution in [3.8, 4) is 5.69 Å². The molecule has 0 unspecified atom stereocenters. The highest BCUT2D eigenvalue weighted by Crippen LogP contribution is 2.11. The molecule has 7 heteroatoms. The second-order valence-electron chi connectivity index (χ2n) is 6.41. The van der Waals surface area contributed by atoms with E-state index in [-0.39, 0.29) is 24.4 Å². The smallest absolute Gasteiger partial charge is 0.244 e. The fraction of sp³-hybridized carbons (Fsp3) is 0.316. The minimum atomic E-state index is -0.313. The molecule has 0 bridgehead atoms. The summed E-state index contributed by atoms with van der Waals surface area (Å²) < 4.78 is 1.77. The molecular weight excluding hydrogens is 330 g/mol. The third-order valence-corrected chi connectivity index (χ3v) is 4.36. The van der Waals surface area contributed by atoms with Crippen LogP contribution in [0.2, 0.25) is 0 Å². The molecule has 3 rings (SSSR count). The van der Waals surface area contributed by atoms with E-state index in [9.17, 15) is 9.59 Å². The van der Waals surface area contributed by atoms with E-state index < -0.39 is 0 Å². The molecule has 136 valence electrons. The lowest BCUT2D eigenvalue weighted by molar-refractivity contribution is -0.120. The Bertz CT molecular complexity index is 776. The molecule has 0 saturated carbocycles. The average molecular weight is 353 g/mol. The number of nitrogens with zero attached hydrogens (tertiary/aromatic N) is 3. The predicted octanol–water partition coefficient (Wildman–Crippen LogP) is 0.951. The number of nitrogens with two attached hydrogens (primary N) is 1. The van der Waals surface area contributed by atoms with Crippen molar-refractivity contribution in [2.24, 2.45) is 5.73 Å². The molecule has 0 aliphatic carbocycles. The van der Waals surface area contributed by atoms with E-state index >= 15 is 0 Å². The summed E-state index contributed by atoms with van der Waals surface area (Å²) in [6.45, 7) is 1.81. The summed E-state index contributed by atoms with van der Waals surface area (Å²) in [6, 6.07) is 9.93. The van der Waals surface area contributed by atoms with Crippen LogP contribution in [0.25, 0.3) is 11.8 Å². The molecule has 2 amide bonds. The fourth-order valence-corrected chi connectivity index (χ4v) is 3.02. The van der Waals surface area contributed by atoms with Gasteiger partial charge in [-0.2, -0.15) is 5.10 Å². The number of carbonyl (C=O) groups excluding carboxylic acids is 2. The van der Waals surface area contributed by atoms with Crippen LogP contribution in [-0.4, -0.2) is 52.2 Å². The van der Waals surface area contributed by atoms with Crippen molar-refractivity contribution in [2.75, 3.05) is 19.6 Å². The van der Waals surface area contributed by atoms with Crippen molar-refractivity contribution in [3.63, 3.8) is 0 Å². The number of nitrogens with one attached hydrogen (secondary N) is 1. The van der Waals surface area contributed by atoms with Crippen molar-refractivity contribution < 1.29 is 9.59 Å². The van der Waals surface area contributed by atoms with Crippen molar-refractivity contribution in [2.45, 2.75) is 18.9 Å². The number of carbonyl (C=O) groups is 2. The lowest BCUT2D eigenvalue weighted by Crippen LogP contribution is -2.46. The number of benzene rings is 1. The number of likely N-dealkylation sites (tertiary alicyclic amines) is 1. The Hall–Kier alpha value is -2.93. The molecule has 7 nitrogen and oxygen atoms in total. The van der Waals surface area contributed by atoms with Crippen LogP contribution >= 0.6 is 0 Å². The van der Waals surface area contributed by atoms with Crippen molar-refractivity contribution >= 4 is 17.9 Å². The van der Waals surface area contributed by atoms with Gasteiger partial charge in [-0.25, -0.2) is 4.68 Å². The third-order valence-electron chi connectivity index (χ3n) is 4.36. The van der Waals surface area contributed by atoms with Crippen molar-refractivity contribution in [1.29, 1.82) is 0 Å². The van der Waals surface area contributed by atoms with Crippen LogP contribution in [0.5, 0.6) is 0 Å². The normalized spacial score (nSPS) is 16.0. The summed E-state index contributed by atoms with van der Waals surface area (Å²) in [7, 11) is 0. The Kier molecular flexibility index (Phi) is 5.80. The largest absolute Gasteiger partial charge is 0.369 e. The van der Waals surface area contributed by atoms with Gasteiger partial charge in [0.1, 0.15) is 0 Å². The third kappa shape index (κ3) is 5.03. The molecule has 1 saturated heterocycles. The van der Waals surface area contributed by atoms with Crippen LogP contribution in [0.3, 0.4) is 0 Å². The quantitative estimate of drug-likeness (QED) is 0.756. The molecule has 1 aliphatic rings. The zero-order chi connectivity index (χ0) is 18.4. The summed E-state index contributed by atoms with van der Waals surface area (Å²) in [4.78, 5) is 25.1. The Labute approximate surface area is 152 Å². The van der Waals surface area contributed by atoms with Crippen molar-refractivity contribution in [3.05, 3.63) is 54.4 Å². The Morgan fingerprint density at radius 3 is 2.65 bits per heavy atom. The van der Waals surface area contributed by atoms with Crippen LogP contribution in [0, 0.1) is 0 Å². The summed E-state index contributed by atoms with van der Waals surface area (Å²) in [6.07, 6.45) is 8.52. The number of hydrogen-bond donors (Lipinski definition) is 2. The summed E-state index contributed by atoms with van der Waals surface area (Å²) >= 11 is 0. The van der Waals surface area contributed by atoms with Gasteiger partial charge in [-0.05, 0) is 31.1 Å². The van der Waals surface area contributed by atoms with Gasteiger partial charge in [-0.3, -0.25) is 14.5 Å². The van der Waals surface area contributed by atoms with Gasteiger partial charge in [0.25, 0.3) is 0 Å². The molecule has 0 radical (unpaired) electrons. The Morgan fingerprint density at radius 1 is 1.23 bits per heavy atom. The van der Waals surface area contributed by atoms with Crippen LogP contribution < -0.4 is 11.1 Å². The van der Waals surface area contributed by atoms with Gasteiger partial charge < -0.3 is 11.1 Å². The van der Waals surface area contributed by atoms with Crippen LogP contribution in [0.15, 0.2) is 48.8 Å². The number of aromatic nitrogens is 2. The van der Waals surface area contributed by atoms with Gasteiger partial charge in [-0.15, -0.1) is 0 Å². The van der Waals surface area contributed by atoms with E-state index in [2.05, 4.69) is 10.4 Å². The first-order valence-corrected chi connectivity index (χ1v) is 8.69. The summed E-state index contributed by atoms with van der Waals surface area (Å²) in [5.74, 6) is -0.433. The van der Waals surface area contributed by atoms with Gasteiger partial charge in [-0.1, -0.05) is 18.2 Å². The standard InChI is InChI=1S/C19H23N5O2/c20-18(25)14-23-10-8-16(9-11-23)22-19(26)7-6-15-12-21-24(13-15)17-4-2-1-3-5-17/h1-7,12-13,16H,8-11,14H2,(H2,20,25)(H,22,26)/b7-6+. The summed E-state index contributed by atoms with van der Waals surface area (Å²) in [5, 5.41) is 7.31. The number of piperidine rings is 1. The first-order valence-electron chi connectivity index (χ1n) is 8.69. The minimum absolute atomic E-state index is 0.120. The highest BCUT2D eigenvalue weighted by atomic mass is 16.2. The molecule has 0 atom stereocenters. The molecule has 1 aliphatic heterocycles. The molecular formula is C19H23N5O2. The molecule has 26 heavy (non-hydrogen) atoms. The van der Waals surface area contributed by atoms with E-state index in [1.165, 1.54) is 6.08 Å². The lowest BCUT2D eigenvalue weighted by atomic mass is 10.0. The first-order chi connectivity index (χ1) is 12.6. The molecule has 3 N–H and O–H groups in total. The van der Waals surface area contributed by atoms with Crippen LogP contribution in [0.4, 0.5) is 0 Å². The maximum absolute atomic E-state index is 12.1. The first kappa shape index (κ1) is 17.9. The molecule has 0 spiro atoms. The van der Waals surface area contributed by atoms with Gasteiger partial charge in [0.2, 0.25) is 11.8 Å². The van der Waals surface area contributed by atoms with E-state index in [1.807, 2.05) is 41.4 Å². The minimum Gasteiger partial charge on any atom is -0.369 e. The lowest BCUT2D eigenvalue weighted by Gasteiger charge is -2.31. The van der Waals surface area contributed by atoms with Gasteiger partial charge in [0, 0.05) is 37.0 Å². The second-order valence-corrected chi connectivity index (χ2v) is 6.41. The number of amides is 2. The zero-order valence-corrected chi connectivity index (χ0v) is 14.5. The van der Waals surface area contributed by atoms with Crippen molar-refractivity contribution in [1.82, 2.24) is 20.0 Å². The number of hydrogen-bond acceptors (Lipinski definition) is 4. The second kappa shape index (κ2) is 8.44. The summed E-state index contributed by atoms with van der Waals surface area (Å²) in [5.41, 5.74) is 7.04. The molecule has 1 fully saturated rings. The zero-order valence-electron chi connectivity index (χ0n) is 14.5. The van der Waals surface area contributed by atoms with E-state index in [0.717, 1.165) is 37.2 Å². The molecule has 1 aromatic carbocycles. The highest BCUT2D eigenvalue weighted by molar-refractivity contribution is 5.91. The maximum atomic E-state index is 12.1. The number of primary amides is 1. The van der Waals surface area contributed by atoms with Crippen LogP contribution in [0.1, 0.15) is 18.4 Å². The number of rotatable bonds is 6.